The zero-order valence-corrected chi connectivity index (χ0v) is 18.3. The van der Waals surface area contributed by atoms with Crippen LogP contribution in [0.2, 0.25) is 15.1 Å². The Morgan fingerprint density at radius 3 is 2.46 bits per heavy atom. The van der Waals surface area contributed by atoms with E-state index in [1.807, 2.05) is 25.1 Å². The zero-order chi connectivity index (χ0) is 19.9. The van der Waals surface area contributed by atoms with Gasteiger partial charge in [0.2, 0.25) is 0 Å². The average Bonchev–Trinajstić information content (AvgIpc) is 2.68. The van der Waals surface area contributed by atoms with Crippen molar-refractivity contribution < 1.29 is 9.47 Å². The van der Waals surface area contributed by atoms with E-state index < -0.39 is 0 Å². The smallest absolute Gasteiger partial charge is 0.180 e. The van der Waals surface area contributed by atoms with E-state index in [2.05, 4.69) is 5.32 Å². The van der Waals surface area contributed by atoms with Gasteiger partial charge < -0.3 is 14.8 Å². The fourth-order valence-corrected chi connectivity index (χ4v) is 4.23. The van der Waals surface area contributed by atoms with Crippen molar-refractivity contribution in [1.82, 2.24) is 5.32 Å². The number of halogens is 3. The fraction of sp³-hybridized carbons (Fsp3) is 0.455. The van der Waals surface area contributed by atoms with E-state index in [-0.39, 0.29) is 6.61 Å². The number of ether oxygens (including phenoxy) is 2. The Kier molecular flexibility index (Phi) is 8.16. The molecule has 1 aliphatic rings. The van der Waals surface area contributed by atoms with Crippen LogP contribution < -0.4 is 14.8 Å². The SMILES string of the molecule is CCOc1cc(CNC2CCCCC2)cc(Cl)c1OCc1ccc(Cl)cc1Cl. The summed E-state index contributed by atoms with van der Waals surface area (Å²) >= 11 is 18.7. The Morgan fingerprint density at radius 1 is 0.964 bits per heavy atom. The van der Waals surface area contributed by atoms with E-state index in [0.29, 0.717) is 39.2 Å². The van der Waals surface area contributed by atoms with Gasteiger partial charge in [-0.15, -0.1) is 0 Å². The molecule has 0 aromatic heterocycles. The Hall–Kier alpha value is -1.13. The van der Waals surface area contributed by atoms with Crippen LogP contribution in [-0.2, 0) is 13.2 Å². The normalized spacial score (nSPS) is 14.9. The van der Waals surface area contributed by atoms with Crippen LogP contribution in [0.5, 0.6) is 11.5 Å². The molecule has 3 rings (SSSR count). The van der Waals surface area contributed by atoms with Crippen molar-refractivity contribution in [3.05, 3.63) is 56.5 Å². The Balaban J connectivity index is 1.70. The summed E-state index contributed by atoms with van der Waals surface area (Å²) < 4.78 is 11.8. The first-order chi connectivity index (χ1) is 13.6. The molecule has 3 nitrogen and oxygen atoms in total. The Bertz CT molecular complexity index is 792. The summed E-state index contributed by atoms with van der Waals surface area (Å²) in [5.74, 6) is 1.19. The lowest BCUT2D eigenvalue weighted by Gasteiger charge is -2.23. The highest BCUT2D eigenvalue weighted by molar-refractivity contribution is 6.35. The molecule has 1 N–H and O–H groups in total. The molecule has 0 amide bonds. The van der Waals surface area contributed by atoms with Gasteiger partial charge in [0, 0.05) is 28.2 Å². The van der Waals surface area contributed by atoms with E-state index in [4.69, 9.17) is 44.3 Å². The molecule has 1 fully saturated rings. The Morgan fingerprint density at radius 2 is 1.75 bits per heavy atom. The summed E-state index contributed by atoms with van der Waals surface area (Å²) in [5.41, 5.74) is 1.93. The highest BCUT2D eigenvalue weighted by atomic mass is 35.5. The molecule has 152 valence electrons. The van der Waals surface area contributed by atoms with Crippen molar-refractivity contribution in [2.75, 3.05) is 6.61 Å². The van der Waals surface area contributed by atoms with Crippen LogP contribution in [0.1, 0.15) is 50.2 Å². The van der Waals surface area contributed by atoms with Crippen molar-refractivity contribution in [2.45, 2.75) is 58.2 Å². The predicted octanol–water partition coefficient (Wildman–Crippen LogP) is 7.05. The van der Waals surface area contributed by atoms with Gasteiger partial charge in [0.25, 0.3) is 0 Å². The van der Waals surface area contributed by atoms with Crippen molar-refractivity contribution in [3.8, 4) is 11.5 Å². The molecular weight excluding hydrogens is 417 g/mol. The highest BCUT2D eigenvalue weighted by Crippen LogP contribution is 2.38. The lowest BCUT2D eigenvalue weighted by Crippen LogP contribution is -2.30. The maximum atomic E-state index is 6.54. The van der Waals surface area contributed by atoms with Gasteiger partial charge in [0.1, 0.15) is 6.61 Å². The van der Waals surface area contributed by atoms with Crippen LogP contribution in [0.4, 0.5) is 0 Å². The number of hydrogen-bond donors (Lipinski definition) is 1. The second-order valence-corrected chi connectivity index (χ2v) is 8.33. The maximum absolute atomic E-state index is 6.54. The lowest BCUT2D eigenvalue weighted by atomic mass is 9.95. The van der Waals surface area contributed by atoms with Crippen LogP contribution in [0.25, 0.3) is 0 Å². The molecule has 0 heterocycles. The van der Waals surface area contributed by atoms with Crippen molar-refractivity contribution >= 4 is 34.8 Å². The molecule has 0 unspecified atom stereocenters. The minimum Gasteiger partial charge on any atom is -0.490 e. The van der Waals surface area contributed by atoms with Gasteiger partial charge >= 0.3 is 0 Å². The van der Waals surface area contributed by atoms with Crippen LogP contribution in [0.15, 0.2) is 30.3 Å². The standard InChI is InChI=1S/C22H26Cl3NO2/c1-2-27-21-11-15(13-26-18-6-4-3-5-7-18)10-20(25)22(21)28-14-16-8-9-17(23)12-19(16)24/h8-12,18,26H,2-7,13-14H2,1H3. The molecule has 0 bridgehead atoms. The summed E-state index contributed by atoms with van der Waals surface area (Å²) in [6.07, 6.45) is 6.46. The first-order valence-corrected chi connectivity index (χ1v) is 11.0. The van der Waals surface area contributed by atoms with Gasteiger partial charge in [-0.2, -0.15) is 0 Å². The second kappa shape index (κ2) is 10.6. The van der Waals surface area contributed by atoms with E-state index >= 15 is 0 Å². The summed E-state index contributed by atoms with van der Waals surface area (Å²) in [6.45, 7) is 3.54. The molecule has 0 spiro atoms. The molecular formula is C22H26Cl3NO2. The molecule has 1 aliphatic carbocycles. The van der Waals surface area contributed by atoms with Crippen LogP contribution in [0, 0.1) is 0 Å². The first kappa shape index (κ1) is 21.6. The number of hydrogen-bond acceptors (Lipinski definition) is 3. The van der Waals surface area contributed by atoms with Crippen LogP contribution >= 0.6 is 34.8 Å². The molecule has 28 heavy (non-hydrogen) atoms. The molecule has 0 radical (unpaired) electrons. The van der Waals surface area contributed by atoms with E-state index in [0.717, 1.165) is 17.7 Å². The summed E-state index contributed by atoms with van der Waals surface area (Å²) in [4.78, 5) is 0. The quantitative estimate of drug-likeness (QED) is 0.475. The van der Waals surface area contributed by atoms with Gasteiger partial charge in [-0.3, -0.25) is 0 Å². The number of nitrogens with one attached hydrogen (secondary N) is 1. The fourth-order valence-electron chi connectivity index (χ4n) is 3.48. The predicted molar refractivity (Wildman–Crippen MR) is 117 cm³/mol. The van der Waals surface area contributed by atoms with Crippen molar-refractivity contribution in [3.63, 3.8) is 0 Å². The summed E-state index contributed by atoms with van der Waals surface area (Å²) in [5, 5.41) is 5.34. The van der Waals surface area contributed by atoms with Gasteiger partial charge in [-0.25, -0.2) is 0 Å². The third kappa shape index (κ3) is 5.93. The number of rotatable bonds is 8. The summed E-state index contributed by atoms with van der Waals surface area (Å²) in [6, 6.07) is 9.87. The maximum Gasteiger partial charge on any atom is 0.180 e. The average molecular weight is 443 g/mol. The highest BCUT2D eigenvalue weighted by Gasteiger charge is 2.16. The van der Waals surface area contributed by atoms with Crippen molar-refractivity contribution in [2.24, 2.45) is 0 Å². The first-order valence-electron chi connectivity index (χ1n) is 9.82. The molecule has 0 saturated heterocycles. The minimum absolute atomic E-state index is 0.287. The van der Waals surface area contributed by atoms with Gasteiger partial charge in [-0.1, -0.05) is 60.1 Å². The Labute approximate surface area is 182 Å². The summed E-state index contributed by atoms with van der Waals surface area (Å²) in [7, 11) is 0. The van der Waals surface area contributed by atoms with Crippen LogP contribution in [-0.4, -0.2) is 12.6 Å². The van der Waals surface area contributed by atoms with Gasteiger partial charge in [-0.05, 0) is 49.6 Å². The number of benzene rings is 2. The monoisotopic (exact) mass is 441 g/mol. The van der Waals surface area contributed by atoms with E-state index in [1.54, 1.807) is 12.1 Å². The molecule has 6 heteroatoms. The van der Waals surface area contributed by atoms with E-state index in [1.165, 1.54) is 32.1 Å². The molecule has 0 atom stereocenters. The molecule has 1 saturated carbocycles. The van der Waals surface area contributed by atoms with E-state index in [9.17, 15) is 0 Å². The molecule has 0 aliphatic heterocycles. The zero-order valence-electron chi connectivity index (χ0n) is 16.1. The third-order valence-corrected chi connectivity index (χ3v) is 5.82. The molecule has 2 aromatic carbocycles. The second-order valence-electron chi connectivity index (χ2n) is 7.08. The topological polar surface area (TPSA) is 30.5 Å². The third-order valence-electron chi connectivity index (χ3n) is 4.96. The van der Waals surface area contributed by atoms with Crippen molar-refractivity contribution in [1.29, 1.82) is 0 Å². The molecule has 2 aromatic rings. The van der Waals surface area contributed by atoms with Gasteiger partial charge in [0.15, 0.2) is 11.5 Å². The minimum atomic E-state index is 0.287. The largest absolute Gasteiger partial charge is 0.490 e. The van der Waals surface area contributed by atoms with Crippen LogP contribution in [0.3, 0.4) is 0 Å². The van der Waals surface area contributed by atoms with Gasteiger partial charge in [0.05, 0.1) is 11.6 Å². The lowest BCUT2D eigenvalue weighted by molar-refractivity contribution is 0.269.